The Morgan fingerprint density at radius 3 is 2.43 bits per heavy atom. The van der Waals surface area contributed by atoms with Crippen molar-refractivity contribution in [2.75, 3.05) is 42.6 Å². The van der Waals surface area contributed by atoms with Gasteiger partial charge in [-0.2, -0.15) is 26.6 Å². The second-order valence-electron chi connectivity index (χ2n) is 22.3. The average molecular weight is 1340 g/mol. The Labute approximate surface area is 518 Å². The Hall–Kier alpha value is -6.93. The lowest BCUT2D eigenvalue weighted by Crippen LogP contribution is -2.44. The number of aromatic nitrogens is 3. The number of aromatic amines is 1. The molecule has 90 heavy (non-hydrogen) atoms. The lowest BCUT2D eigenvalue weighted by atomic mass is 9.75. The number of nitrogens with two attached hydrogens (primary N) is 1. The van der Waals surface area contributed by atoms with Gasteiger partial charge >= 0.3 is 23.5 Å². The zero-order valence-electron chi connectivity index (χ0n) is 49.2. The zero-order chi connectivity index (χ0) is 65.4. The largest absolute Gasteiger partial charge is 0.748 e. The van der Waals surface area contributed by atoms with E-state index in [1.165, 1.54) is 29.0 Å². The van der Waals surface area contributed by atoms with E-state index in [4.69, 9.17) is 29.5 Å². The van der Waals surface area contributed by atoms with Crippen molar-refractivity contribution in [2.45, 2.75) is 101 Å². The SMILES string of the molecule is CCN1c2cc3c(cc2C(C)=CC1(C)C)C(=CC=CC=CC1=[N+](CCCS(=O)(=O)[O-])c2ccc(S(=O)(=O)O)cc2C1(C)CCCC(=O)NCC#Cc1cn([C@H]2CC[C@@H](COP(=O)(O)OP(=O)(O)OP(=O)(O)O)O2)c2nc(N)[nH]c(=O)c12)C=C(c1ccccc1)O3. The maximum absolute atomic E-state index is 13.5. The van der Waals surface area contributed by atoms with E-state index >= 15 is 0 Å². The molecule has 1 amide bonds. The predicted octanol–water partition coefficient (Wildman–Crippen LogP) is 7.86. The van der Waals surface area contributed by atoms with Crippen LogP contribution in [0.5, 0.6) is 5.75 Å². The number of likely N-dealkylation sites (N-methyl/N-ethyl adjacent to an activating group) is 1. The molecule has 9 rings (SSSR count). The molecule has 480 valence electrons. The number of H-pyrrole nitrogens is 1. The van der Waals surface area contributed by atoms with Crippen molar-refractivity contribution >= 4 is 101 Å². The highest BCUT2D eigenvalue weighted by atomic mass is 32.2. The molecule has 9 N–H and O–H groups in total. The Balaban J connectivity index is 0.933. The van der Waals surface area contributed by atoms with Crippen LogP contribution < -0.4 is 26.2 Å². The van der Waals surface area contributed by atoms with Crippen LogP contribution in [0.15, 0.2) is 119 Å². The number of carbonyl (C=O) groups is 1. The van der Waals surface area contributed by atoms with E-state index in [1.54, 1.807) is 16.7 Å². The summed E-state index contributed by atoms with van der Waals surface area (Å²) in [5.74, 6) is 5.65. The van der Waals surface area contributed by atoms with Gasteiger partial charge in [-0.15, -0.1) is 0 Å². The van der Waals surface area contributed by atoms with Gasteiger partial charge in [-0.1, -0.05) is 72.6 Å². The van der Waals surface area contributed by atoms with Gasteiger partial charge in [-0.05, 0) is 95.7 Å². The molecule has 3 aromatic carbocycles. The van der Waals surface area contributed by atoms with Gasteiger partial charge in [0.25, 0.3) is 15.7 Å². The molecule has 0 saturated carbocycles. The minimum atomic E-state index is -5.76. The van der Waals surface area contributed by atoms with Crippen LogP contribution in [-0.4, -0.2) is 120 Å². The fraction of sp³-hybridized carbons (Fsp3) is 0.345. The van der Waals surface area contributed by atoms with Crippen molar-refractivity contribution in [3.05, 3.63) is 148 Å². The van der Waals surface area contributed by atoms with Crippen LogP contribution in [0.3, 0.4) is 0 Å². The highest BCUT2D eigenvalue weighted by Crippen LogP contribution is 2.66. The van der Waals surface area contributed by atoms with Crippen LogP contribution in [-0.2, 0) is 62.0 Å². The summed E-state index contributed by atoms with van der Waals surface area (Å²) in [6, 6.07) is 18.1. The van der Waals surface area contributed by atoms with E-state index in [0.29, 0.717) is 28.5 Å². The molecule has 0 radical (unpaired) electrons. The first-order valence-corrected chi connectivity index (χ1v) is 35.6. The number of phosphoric ester groups is 1. The second kappa shape index (κ2) is 26.4. The smallest absolute Gasteiger partial charge is 0.490 e. The number of ether oxygens (including phenoxy) is 2. The molecular weight excluding hydrogens is 1270 g/mol. The molecule has 0 spiro atoms. The summed E-state index contributed by atoms with van der Waals surface area (Å²) in [7, 11) is -26.2. The van der Waals surface area contributed by atoms with Crippen molar-refractivity contribution < 1.29 is 91.2 Å². The monoisotopic (exact) mass is 1340 g/mol. The molecule has 27 nitrogen and oxygen atoms in total. The molecular formula is C58H66N7O20P3S2. The Bertz CT molecular complexity index is 4410. The van der Waals surface area contributed by atoms with E-state index in [1.807, 2.05) is 61.6 Å². The summed E-state index contributed by atoms with van der Waals surface area (Å²) >= 11 is 0. The summed E-state index contributed by atoms with van der Waals surface area (Å²) in [5.41, 5.74) is 11.6. The lowest BCUT2D eigenvalue weighted by molar-refractivity contribution is -0.437. The number of nitrogens with one attached hydrogen (secondary N) is 2. The number of rotatable bonds is 23. The number of allylic oxidation sites excluding steroid dienone is 8. The van der Waals surface area contributed by atoms with Gasteiger partial charge in [-0.25, -0.2) is 22.1 Å². The molecule has 1 saturated heterocycles. The first-order chi connectivity index (χ1) is 42.1. The standard InChI is InChI=1S/C58H66N7O20P3S2/c1-6-65-47-33-49-44(32-43(47)37(2)34-57(65,3)4)39(30-48(83-49)38-16-9-7-10-17-38)18-11-8-12-20-50-58(5,45-31-42(90(78,79)80)23-24-46(45)63(50)28-15-29-89(75,76)77)26-13-21-51(66)60-27-14-19-40-35-64(54-53(40)55(67)62-56(59)61-54)52-25-22-41(82-52)36-81-87(71,72)85-88(73,74)84-86(68,69)70/h7-12,16-18,20,23-24,30-35,41,52H,6,13,15,21-22,25-29,36H2,1-5H3,(H9-,59,60,61,62,66,67,68,69,70,71,72,73,74,75,76,77,78,79,80)/t41-,52+,58?/m0/s1. The van der Waals surface area contributed by atoms with Crippen LogP contribution in [0.1, 0.15) is 107 Å². The van der Waals surface area contributed by atoms with Gasteiger partial charge in [-0.3, -0.25) is 23.6 Å². The summed E-state index contributed by atoms with van der Waals surface area (Å²) < 4.78 is 134. The third-order valence-corrected chi connectivity index (χ3v) is 20.9. The number of hydrogen-bond donors (Lipinski definition) is 8. The summed E-state index contributed by atoms with van der Waals surface area (Å²) in [6.07, 6.45) is 13.7. The fourth-order valence-electron chi connectivity index (χ4n) is 11.7. The van der Waals surface area contributed by atoms with Crippen molar-refractivity contribution in [1.82, 2.24) is 19.9 Å². The van der Waals surface area contributed by atoms with Crippen molar-refractivity contribution in [3.8, 4) is 17.6 Å². The highest BCUT2D eigenvalue weighted by Gasteiger charge is 2.48. The van der Waals surface area contributed by atoms with Gasteiger partial charge in [0.05, 0.1) is 56.2 Å². The van der Waals surface area contributed by atoms with Crippen LogP contribution in [0.25, 0.3) is 27.9 Å². The molecule has 0 aliphatic carbocycles. The lowest BCUT2D eigenvalue weighted by Gasteiger charge is -2.43. The number of phosphoric acid groups is 3. The molecule has 1 fully saturated rings. The Kier molecular flexibility index (Phi) is 19.8. The molecule has 5 atom stereocenters. The van der Waals surface area contributed by atoms with Gasteiger partial charge < -0.3 is 54.1 Å². The molecule has 5 aromatic rings. The first kappa shape index (κ1) is 67.5. The Morgan fingerprint density at radius 2 is 1.73 bits per heavy atom. The van der Waals surface area contributed by atoms with E-state index in [-0.39, 0.29) is 79.7 Å². The number of fused-ring (bicyclic) bond motifs is 4. The van der Waals surface area contributed by atoms with E-state index < -0.39 is 90.2 Å². The van der Waals surface area contributed by atoms with Gasteiger partial charge in [0, 0.05) is 77.5 Å². The number of nitrogen functional groups attached to an aromatic ring is 1. The van der Waals surface area contributed by atoms with Crippen LogP contribution >= 0.6 is 23.5 Å². The van der Waals surface area contributed by atoms with Gasteiger partial charge in [0.1, 0.15) is 24.3 Å². The highest BCUT2D eigenvalue weighted by molar-refractivity contribution is 7.86. The van der Waals surface area contributed by atoms with Crippen molar-refractivity contribution in [2.24, 2.45) is 0 Å². The summed E-state index contributed by atoms with van der Waals surface area (Å²) in [4.78, 5) is 72.4. The van der Waals surface area contributed by atoms with Gasteiger partial charge in [0.15, 0.2) is 11.4 Å². The maximum atomic E-state index is 13.5. The predicted molar refractivity (Wildman–Crippen MR) is 333 cm³/mol. The maximum Gasteiger partial charge on any atom is 0.490 e. The average Bonchev–Trinajstić information content (AvgIpc) is 1.42. The molecule has 4 aliphatic rings. The molecule has 0 bridgehead atoms. The fourth-order valence-corrected chi connectivity index (χ4v) is 15.7. The first-order valence-electron chi connectivity index (χ1n) is 28.1. The minimum Gasteiger partial charge on any atom is -0.748 e. The van der Waals surface area contributed by atoms with Crippen LogP contribution in [0, 0.1) is 11.8 Å². The molecule has 4 aliphatic heterocycles. The Morgan fingerprint density at radius 1 is 0.989 bits per heavy atom. The van der Waals surface area contributed by atoms with Crippen LogP contribution in [0.2, 0.25) is 0 Å². The number of carbonyl (C=O) groups excluding carboxylic acids is 1. The van der Waals surface area contributed by atoms with Crippen molar-refractivity contribution in [3.63, 3.8) is 0 Å². The third-order valence-electron chi connectivity index (χ3n) is 15.4. The number of amides is 1. The molecule has 3 unspecified atom stereocenters. The van der Waals surface area contributed by atoms with E-state index in [9.17, 15) is 59.0 Å². The third kappa shape index (κ3) is 15.9. The second-order valence-corrected chi connectivity index (χ2v) is 29.6. The summed E-state index contributed by atoms with van der Waals surface area (Å²) in [6.45, 7) is 10.3. The van der Waals surface area contributed by atoms with E-state index in [0.717, 1.165) is 40.1 Å². The number of benzene rings is 3. The van der Waals surface area contributed by atoms with Crippen molar-refractivity contribution in [1.29, 1.82) is 0 Å². The quantitative estimate of drug-likeness (QED) is 0.0101. The summed E-state index contributed by atoms with van der Waals surface area (Å²) in [5, 5.41) is 2.74. The zero-order valence-corrected chi connectivity index (χ0v) is 53.5. The van der Waals surface area contributed by atoms with Crippen LogP contribution in [0.4, 0.5) is 17.3 Å². The molecule has 2 aromatic heterocycles. The number of anilines is 2. The van der Waals surface area contributed by atoms with Gasteiger partial charge in [0.2, 0.25) is 17.5 Å². The normalized spacial score (nSPS) is 20.9. The number of nitrogens with zero attached hydrogens (tertiary/aromatic N) is 4. The van der Waals surface area contributed by atoms with E-state index in [2.05, 4.69) is 86.6 Å². The minimum absolute atomic E-state index is 0.00135. The number of hydrogen-bond acceptors (Lipinski definition) is 18. The topological polar surface area (TPSA) is 402 Å². The molecule has 6 heterocycles. The molecule has 32 heteroatoms.